The molecule has 0 aliphatic carbocycles. The van der Waals surface area contributed by atoms with E-state index in [0.29, 0.717) is 0 Å². The topological polar surface area (TPSA) is 34.1 Å². The maximum Gasteiger partial charge on any atom is 0.373 e. The fraction of sp³-hybridized carbons (Fsp3) is 0. The fourth-order valence-corrected chi connectivity index (χ4v) is 0. The van der Waals surface area contributed by atoms with Crippen molar-refractivity contribution in [1.82, 2.24) is 0 Å². The van der Waals surface area contributed by atoms with Gasteiger partial charge >= 0.3 is 6.15 Å². The molecule has 0 saturated carbocycles. The van der Waals surface area contributed by atoms with Gasteiger partial charge in [-0.1, -0.05) is 0 Å². The third-order valence-electron chi connectivity index (χ3n) is 0. The Balaban J connectivity index is 0. The Labute approximate surface area is 42.3 Å². The van der Waals surface area contributed by atoms with Crippen molar-refractivity contribution < 1.29 is 35.8 Å². The van der Waals surface area contributed by atoms with Gasteiger partial charge in [-0.2, -0.15) is 9.59 Å². The summed E-state index contributed by atoms with van der Waals surface area (Å²) in [5, 5.41) is 0. The normalized spacial score (nSPS) is 2.00. The second-order valence-corrected chi connectivity index (χ2v) is 0.0833. The van der Waals surface area contributed by atoms with Gasteiger partial charge in [-0.05, 0) is 0 Å². The van der Waals surface area contributed by atoms with E-state index in [1.807, 2.05) is 0 Å². The summed E-state index contributed by atoms with van der Waals surface area (Å²) >= 11 is 0. The van der Waals surface area contributed by atoms with Crippen LogP contribution in [0.3, 0.4) is 0 Å². The van der Waals surface area contributed by atoms with E-state index in [4.69, 9.17) is 9.59 Å². The maximum absolute atomic E-state index is 8.12. The average molecular weight is 135 g/mol. The van der Waals surface area contributed by atoms with E-state index in [0.717, 1.165) is 0 Å². The van der Waals surface area contributed by atoms with Gasteiger partial charge in [-0.15, -0.1) is 0 Å². The Morgan fingerprint density at radius 1 is 1.25 bits per heavy atom. The first kappa shape index (κ1) is 8.86. The first-order valence-electron chi connectivity index (χ1n) is 0.408. The molecule has 0 unspecified atom stereocenters. The van der Waals surface area contributed by atoms with E-state index < -0.39 is 0 Å². The summed E-state index contributed by atoms with van der Waals surface area (Å²) in [5.41, 5.74) is 0. The quantitative estimate of drug-likeness (QED) is 0.445. The van der Waals surface area contributed by atoms with Crippen LogP contribution in [0.4, 0.5) is 0 Å². The number of hydrogen-bond acceptors (Lipinski definition) is 2. The Hall–Kier alpha value is 0.263. The van der Waals surface area contributed by atoms with Crippen LogP contribution >= 0.6 is 0 Å². The minimum Gasteiger partial charge on any atom is -0.186 e. The molecule has 0 rings (SSSR count). The second kappa shape index (κ2) is 10.5. The fourth-order valence-electron chi connectivity index (χ4n) is 0. The molecule has 0 spiro atoms. The van der Waals surface area contributed by atoms with Crippen LogP contribution in [0.2, 0.25) is 0 Å². The first-order chi connectivity index (χ1) is 1.41. The SMILES string of the molecule is O=C=O.[Zr]. The maximum atomic E-state index is 8.12. The van der Waals surface area contributed by atoms with E-state index in [1.165, 1.54) is 0 Å². The summed E-state index contributed by atoms with van der Waals surface area (Å²) in [7, 11) is 0. The van der Waals surface area contributed by atoms with Gasteiger partial charge in [0.2, 0.25) is 0 Å². The minimum atomic E-state index is 0. The van der Waals surface area contributed by atoms with Crippen molar-refractivity contribution in [2.75, 3.05) is 0 Å². The predicted octanol–water partition coefficient (Wildman–Crippen LogP) is -0.586. The number of rotatable bonds is 0. The third-order valence-corrected chi connectivity index (χ3v) is 0. The number of hydrogen-bond donors (Lipinski definition) is 0. The molecule has 0 aliphatic heterocycles. The van der Waals surface area contributed by atoms with Gasteiger partial charge in [0.05, 0.1) is 0 Å². The molecule has 0 fully saturated rings. The molecule has 3 heteroatoms. The van der Waals surface area contributed by atoms with E-state index in [-0.39, 0.29) is 32.4 Å². The third kappa shape index (κ3) is 52.2. The van der Waals surface area contributed by atoms with Crippen molar-refractivity contribution in [2.24, 2.45) is 0 Å². The van der Waals surface area contributed by atoms with Crippen LogP contribution < -0.4 is 0 Å². The molecule has 0 radical (unpaired) electrons. The van der Waals surface area contributed by atoms with Crippen molar-refractivity contribution in [1.29, 1.82) is 0 Å². The molecule has 0 N–H and O–H groups in total. The molecular formula is CO2Zr. The predicted molar refractivity (Wildman–Crippen MR) is 5.01 cm³/mol. The Bertz CT molecular complexity index is 27.0. The Morgan fingerprint density at radius 3 is 1.25 bits per heavy atom. The smallest absolute Gasteiger partial charge is 0.186 e. The summed E-state index contributed by atoms with van der Waals surface area (Å²) < 4.78 is 0. The van der Waals surface area contributed by atoms with Gasteiger partial charge in [0, 0.05) is 26.2 Å². The largest absolute Gasteiger partial charge is 0.373 e. The summed E-state index contributed by atoms with van der Waals surface area (Å²) in [6.07, 6.45) is 0.250. The molecule has 0 saturated heterocycles. The van der Waals surface area contributed by atoms with Crippen molar-refractivity contribution in [3.63, 3.8) is 0 Å². The number of carbonyl (C=O) groups excluding carboxylic acids is 2. The standard InChI is InChI=1S/CO2.Zr/c2-1-3;. The molecule has 0 aromatic carbocycles. The van der Waals surface area contributed by atoms with Gasteiger partial charge in [-0.3, -0.25) is 0 Å². The van der Waals surface area contributed by atoms with Crippen LogP contribution in [0.25, 0.3) is 0 Å². The monoisotopic (exact) mass is 134 g/mol. The average Bonchev–Trinajstić information content (AvgIpc) is 0.918. The molecular weight excluding hydrogens is 135 g/mol. The van der Waals surface area contributed by atoms with Crippen LogP contribution in [-0.2, 0) is 35.8 Å². The van der Waals surface area contributed by atoms with Gasteiger partial charge in [0.15, 0.2) is 0 Å². The van der Waals surface area contributed by atoms with Gasteiger partial charge in [0.25, 0.3) is 0 Å². The van der Waals surface area contributed by atoms with Crippen LogP contribution in [0.5, 0.6) is 0 Å². The van der Waals surface area contributed by atoms with E-state index in [1.54, 1.807) is 0 Å². The van der Waals surface area contributed by atoms with Crippen molar-refractivity contribution >= 4 is 6.15 Å². The van der Waals surface area contributed by atoms with Crippen molar-refractivity contribution in [3.8, 4) is 0 Å². The molecule has 0 atom stereocenters. The van der Waals surface area contributed by atoms with E-state index in [9.17, 15) is 0 Å². The summed E-state index contributed by atoms with van der Waals surface area (Å²) in [6, 6.07) is 0. The van der Waals surface area contributed by atoms with E-state index >= 15 is 0 Å². The molecule has 2 nitrogen and oxygen atoms in total. The van der Waals surface area contributed by atoms with Gasteiger partial charge in [-0.25, -0.2) is 0 Å². The zero-order chi connectivity index (χ0) is 2.71. The second-order valence-electron chi connectivity index (χ2n) is 0.0833. The summed E-state index contributed by atoms with van der Waals surface area (Å²) in [4.78, 5) is 16.2. The van der Waals surface area contributed by atoms with Crippen LogP contribution in [0.1, 0.15) is 0 Å². The molecule has 0 bridgehead atoms. The molecule has 0 aromatic rings. The molecule has 4 heavy (non-hydrogen) atoms. The summed E-state index contributed by atoms with van der Waals surface area (Å²) in [5.74, 6) is 0. The molecule has 0 amide bonds. The molecule has 20 valence electrons. The first-order valence-corrected chi connectivity index (χ1v) is 0.408. The Kier molecular flexibility index (Phi) is 23.2. The molecule has 0 aliphatic rings. The zero-order valence-corrected chi connectivity index (χ0v) is 4.27. The van der Waals surface area contributed by atoms with Gasteiger partial charge in [0.1, 0.15) is 0 Å². The van der Waals surface area contributed by atoms with Crippen LogP contribution in [0.15, 0.2) is 0 Å². The zero-order valence-electron chi connectivity index (χ0n) is 1.82. The van der Waals surface area contributed by atoms with Crippen molar-refractivity contribution in [3.05, 3.63) is 0 Å². The minimum absolute atomic E-state index is 0. The van der Waals surface area contributed by atoms with Crippen LogP contribution in [0, 0.1) is 0 Å². The van der Waals surface area contributed by atoms with Crippen molar-refractivity contribution in [2.45, 2.75) is 0 Å². The summed E-state index contributed by atoms with van der Waals surface area (Å²) in [6.45, 7) is 0. The van der Waals surface area contributed by atoms with Gasteiger partial charge < -0.3 is 0 Å². The van der Waals surface area contributed by atoms with E-state index in [2.05, 4.69) is 0 Å². The molecule has 0 heterocycles. The Morgan fingerprint density at radius 2 is 1.25 bits per heavy atom. The van der Waals surface area contributed by atoms with Crippen LogP contribution in [-0.4, -0.2) is 6.15 Å². The molecule has 0 aromatic heterocycles.